The number of aromatic nitrogens is 2. The van der Waals surface area contributed by atoms with Crippen LogP contribution in [0.3, 0.4) is 0 Å². The first kappa shape index (κ1) is 12.5. The third kappa shape index (κ3) is 3.54. The number of oxime groups is 1. The Kier molecular flexibility index (Phi) is 4.78. The summed E-state index contributed by atoms with van der Waals surface area (Å²) in [5.74, 6) is 0.254. The molecular weight excluding hydrogens is 206 g/mol. The molecule has 0 aromatic carbocycles. The van der Waals surface area contributed by atoms with Crippen molar-refractivity contribution >= 4 is 5.84 Å². The Morgan fingerprint density at radius 2 is 2.50 bits per heavy atom. The monoisotopic (exact) mass is 225 g/mol. The first-order valence-corrected chi connectivity index (χ1v) is 5.34. The maximum absolute atomic E-state index is 8.50. The maximum Gasteiger partial charge on any atom is 0.140 e. The molecule has 0 fully saturated rings. The average Bonchev–Trinajstić information content (AvgIpc) is 2.69. The van der Waals surface area contributed by atoms with E-state index in [4.69, 9.17) is 10.9 Å². The molecule has 1 aromatic heterocycles. The van der Waals surface area contributed by atoms with Crippen LogP contribution in [0.4, 0.5) is 0 Å². The fourth-order valence-electron chi connectivity index (χ4n) is 1.48. The molecular formula is C10H19N5O. The maximum atomic E-state index is 8.50. The van der Waals surface area contributed by atoms with Crippen LogP contribution >= 0.6 is 0 Å². The molecule has 0 aliphatic heterocycles. The Hall–Kier alpha value is -1.56. The molecule has 1 unspecified atom stereocenters. The van der Waals surface area contributed by atoms with Crippen molar-refractivity contribution in [1.29, 1.82) is 0 Å². The summed E-state index contributed by atoms with van der Waals surface area (Å²) in [6.07, 6.45) is 3.24. The van der Waals surface area contributed by atoms with Crippen molar-refractivity contribution in [2.45, 2.75) is 32.4 Å². The van der Waals surface area contributed by atoms with E-state index in [-0.39, 0.29) is 11.9 Å². The van der Waals surface area contributed by atoms with Gasteiger partial charge in [0.05, 0.1) is 5.69 Å². The summed E-state index contributed by atoms with van der Waals surface area (Å²) >= 11 is 0. The van der Waals surface area contributed by atoms with E-state index >= 15 is 0 Å². The van der Waals surface area contributed by atoms with Gasteiger partial charge in [0, 0.05) is 32.3 Å². The van der Waals surface area contributed by atoms with Crippen LogP contribution in [0.25, 0.3) is 0 Å². The van der Waals surface area contributed by atoms with Gasteiger partial charge >= 0.3 is 0 Å². The van der Waals surface area contributed by atoms with Crippen LogP contribution in [0.5, 0.6) is 0 Å². The predicted octanol–water partition coefficient (Wildman–Crippen LogP) is 0.425. The molecule has 1 aromatic rings. The SMILES string of the molecule is CCC(CC(N)=NO)NCc1ccnn1C. The van der Waals surface area contributed by atoms with Gasteiger partial charge < -0.3 is 16.3 Å². The van der Waals surface area contributed by atoms with Crippen molar-refractivity contribution in [2.75, 3.05) is 0 Å². The van der Waals surface area contributed by atoms with Gasteiger partial charge in [-0.2, -0.15) is 5.10 Å². The minimum absolute atomic E-state index is 0.214. The zero-order valence-electron chi connectivity index (χ0n) is 9.72. The molecule has 0 saturated carbocycles. The van der Waals surface area contributed by atoms with Gasteiger partial charge in [0.1, 0.15) is 5.84 Å². The lowest BCUT2D eigenvalue weighted by molar-refractivity contribution is 0.315. The van der Waals surface area contributed by atoms with Crippen molar-refractivity contribution in [3.05, 3.63) is 18.0 Å². The van der Waals surface area contributed by atoms with Gasteiger partial charge in [-0.15, -0.1) is 0 Å². The highest BCUT2D eigenvalue weighted by molar-refractivity contribution is 5.80. The van der Waals surface area contributed by atoms with Gasteiger partial charge in [-0.3, -0.25) is 4.68 Å². The van der Waals surface area contributed by atoms with Crippen molar-refractivity contribution in [2.24, 2.45) is 17.9 Å². The Morgan fingerprint density at radius 1 is 1.75 bits per heavy atom. The molecule has 16 heavy (non-hydrogen) atoms. The molecule has 1 atom stereocenters. The van der Waals surface area contributed by atoms with Crippen LogP contribution in [0, 0.1) is 0 Å². The molecule has 0 radical (unpaired) electrons. The van der Waals surface area contributed by atoms with Gasteiger partial charge in [-0.25, -0.2) is 0 Å². The normalized spacial score (nSPS) is 14.0. The van der Waals surface area contributed by atoms with E-state index in [1.54, 1.807) is 6.20 Å². The van der Waals surface area contributed by atoms with Crippen LogP contribution in [0.15, 0.2) is 17.4 Å². The third-order valence-electron chi connectivity index (χ3n) is 2.57. The fourth-order valence-corrected chi connectivity index (χ4v) is 1.48. The highest BCUT2D eigenvalue weighted by atomic mass is 16.4. The topological polar surface area (TPSA) is 88.5 Å². The molecule has 0 aliphatic rings. The molecule has 6 heteroatoms. The quantitative estimate of drug-likeness (QED) is 0.283. The van der Waals surface area contributed by atoms with Gasteiger partial charge in [-0.1, -0.05) is 12.1 Å². The number of hydrogen-bond acceptors (Lipinski definition) is 4. The molecule has 1 heterocycles. The van der Waals surface area contributed by atoms with E-state index in [0.717, 1.165) is 18.7 Å². The van der Waals surface area contributed by atoms with E-state index in [0.29, 0.717) is 6.42 Å². The van der Waals surface area contributed by atoms with Crippen LogP contribution in [-0.2, 0) is 13.6 Å². The molecule has 0 bridgehead atoms. The zero-order valence-corrected chi connectivity index (χ0v) is 9.72. The largest absolute Gasteiger partial charge is 0.409 e. The van der Waals surface area contributed by atoms with Crippen LogP contribution in [-0.4, -0.2) is 26.9 Å². The molecule has 90 valence electrons. The summed E-state index contributed by atoms with van der Waals surface area (Å²) in [4.78, 5) is 0. The predicted molar refractivity (Wildman–Crippen MR) is 62.2 cm³/mol. The second-order valence-corrected chi connectivity index (χ2v) is 3.73. The first-order valence-electron chi connectivity index (χ1n) is 5.34. The second-order valence-electron chi connectivity index (χ2n) is 3.73. The molecule has 0 spiro atoms. The summed E-state index contributed by atoms with van der Waals surface area (Å²) < 4.78 is 1.82. The number of amidine groups is 1. The third-order valence-corrected chi connectivity index (χ3v) is 2.57. The van der Waals surface area contributed by atoms with E-state index in [2.05, 4.69) is 22.5 Å². The number of aryl methyl sites for hydroxylation is 1. The number of nitrogens with zero attached hydrogens (tertiary/aromatic N) is 3. The highest BCUT2D eigenvalue weighted by Crippen LogP contribution is 2.01. The molecule has 0 saturated heterocycles. The highest BCUT2D eigenvalue weighted by Gasteiger charge is 2.09. The van der Waals surface area contributed by atoms with E-state index in [9.17, 15) is 0 Å². The summed E-state index contributed by atoms with van der Waals surface area (Å²) in [6, 6.07) is 2.18. The number of rotatable bonds is 6. The summed E-state index contributed by atoms with van der Waals surface area (Å²) in [7, 11) is 1.90. The lowest BCUT2D eigenvalue weighted by atomic mass is 10.1. The molecule has 4 N–H and O–H groups in total. The minimum Gasteiger partial charge on any atom is -0.409 e. The minimum atomic E-state index is 0.214. The Balaban J connectivity index is 2.43. The number of hydrogen-bond donors (Lipinski definition) is 3. The summed E-state index contributed by atoms with van der Waals surface area (Å²) in [6.45, 7) is 2.79. The first-order chi connectivity index (χ1) is 7.67. The lowest BCUT2D eigenvalue weighted by Crippen LogP contribution is -2.33. The molecule has 0 aliphatic carbocycles. The van der Waals surface area contributed by atoms with Crippen LogP contribution < -0.4 is 11.1 Å². The van der Waals surface area contributed by atoms with Gasteiger partial charge in [0.15, 0.2) is 0 Å². The van der Waals surface area contributed by atoms with Gasteiger partial charge in [-0.05, 0) is 12.5 Å². The van der Waals surface area contributed by atoms with Crippen molar-refractivity contribution in [1.82, 2.24) is 15.1 Å². The smallest absolute Gasteiger partial charge is 0.140 e. The van der Waals surface area contributed by atoms with Crippen molar-refractivity contribution < 1.29 is 5.21 Å². The van der Waals surface area contributed by atoms with Crippen LogP contribution in [0.2, 0.25) is 0 Å². The van der Waals surface area contributed by atoms with Gasteiger partial charge in [0.2, 0.25) is 0 Å². The lowest BCUT2D eigenvalue weighted by Gasteiger charge is -2.15. The zero-order chi connectivity index (χ0) is 12.0. The Morgan fingerprint density at radius 3 is 3.00 bits per heavy atom. The summed E-state index contributed by atoms with van der Waals surface area (Å²) in [5, 5.41) is 18.9. The molecule has 6 nitrogen and oxygen atoms in total. The van der Waals surface area contributed by atoms with Crippen LogP contribution in [0.1, 0.15) is 25.5 Å². The number of nitrogens with two attached hydrogens (primary N) is 1. The standard InChI is InChI=1S/C10H19N5O/c1-3-8(6-10(11)14-16)12-7-9-4-5-13-15(9)2/h4-5,8,12,16H,3,6-7H2,1-2H3,(H2,11,14). The molecule has 0 amide bonds. The Labute approximate surface area is 95.1 Å². The number of nitrogens with one attached hydrogen (secondary N) is 1. The summed E-state index contributed by atoms with van der Waals surface area (Å²) in [5.41, 5.74) is 6.58. The average molecular weight is 225 g/mol. The fraction of sp³-hybridized carbons (Fsp3) is 0.600. The molecule has 1 rings (SSSR count). The Bertz CT molecular complexity index is 347. The van der Waals surface area contributed by atoms with E-state index < -0.39 is 0 Å². The second kappa shape index (κ2) is 6.12. The van der Waals surface area contributed by atoms with E-state index in [1.165, 1.54) is 0 Å². The van der Waals surface area contributed by atoms with Gasteiger partial charge in [0.25, 0.3) is 0 Å². The van der Waals surface area contributed by atoms with E-state index in [1.807, 2.05) is 17.8 Å². The van der Waals surface area contributed by atoms with Crippen molar-refractivity contribution in [3.8, 4) is 0 Å². The van der Waals surface area contributed by atoms with Crippen molar-refractivity contribution in [3.63, 3.8) is 0 Å².